The third kappa shape index (κ3) is 5.62. The lowest BCUT2D eigenvalue weighted by Gasteiger charge is -2.12. The van der Waals surface area contributed by atoms with Crippen LogP contribution in [0.25, 0.3) is 5.69 Å². The molecule has 0 aliphatic rings. The van der Waals surface area contributed by atoms with Crippen molar-refractivity contribution in [3.8, 4) is 5.69 Å². The molecule has 168 valence electrons. The minimum atomic E-state index is -0.599. The molecule has 33 heavy (non-hydrogen) atoms. The van der Waals surface area contributed by atoms with Gasteiger partial charge < -0.3 is 10.6 Å². The van der Waals surface area contributed by atoms with Crippen molar-refractivity contribution in [3.63, 3.8) is 0 Å². The Kier molecular flexibility index (Phi) is 7.10. The van der Waals surface area contributed by atoms with E-state index >= 15 is 0 Å². The van der Waals surface area contributed by atoms with Gasteiger partial charge in [-0.25, -0.2) is 9.37 Å². The molecular formula is C22H19FN6O2S2. The van der Waals surface area contributed by atoms with Gasteiger partial charge in [-0.05, 0) is 36.8 Å². The Bertz CT molecular complexity index is 1280. The highest BCUT2D eigenvalue weighted by atomic mass is 32.2. The van der Waals surface area contributed by atoms with Crippen LogP contribution in [0.15, 0.2) is 65.3 Å². The number of halogens is 1. The van der Waals surface area contributed by atoms with Gasteiger partial charge in [-0.3, -0.25) is 14.2 Å². The van der Waals surface area contributed by atoms with Crippen LogP contribution in [0.1, 0.15) is 21.7 Å². The zero-order valence-corrected chi connectivity index (χ0v) is 19.1. The predicted molar refractivity (Wildman–Crippen MR) is 125 cm³/mol. The number of hydrogen-bond acceptors (Lipinski definition) is 7. The van der Waals surface area contributed by atoms with Crippen LogP contribution >= 0.6 is 23.1 Å². The van der Waals surface area contributed by atoms with Crippen LogP contribution in [0, 0.1) is 12.7 Å². The number of hydrogen-bond donors (Lipinski definition) is 2. The zero-order chi connectivity index (χ0) is 23.2. The second kappa shape index (κ2) is 10.4. The third-order valence-corrected chi connectivity index (χ3v) is 6.11. The SMILES string of the molecule is Cc1cccc(-n2c(CNC(=O)c3ccccc3F)nnc2SCC(=O)Nc2nccs2)c1. The molecule has 0 aliphatic carbocycles. The smallest absolute Gasteiger partial charge is 0.254 e. The molecule has 2 heterocycles. The van der Waals surface area contributed by atoms with Gasteiger partial charge in [-0.15, -0.1) is 21.5 Å². The normalized spacial score (nSPS) is 10.7. The number of benzene rings is 2. The van der Waals surface area contributed by atoms with Gasteiger partial charge in [0.25, 0.3) is 5.91 Å². The van der Waals surface area contributed by atoms with Crippen molar-refractivity contribution in [2.24, 2.45) is 0 Å². The van der Waals surface area contributed by atoms with Gasteiger partial charge in [-0.2, -0.15) is 0 Å². The second-order valence-corrected chi connectivity index (χ2v) is 8.75. The molecule has 4 aromatic rings. The van der Waals surface area contributed by atoms with Gasteiger partial charge in [-0.1, -0.05) is 36.0 Å². The Balaban J connectivity index is 1.53. The molecule has 4 rings (SSSR count). The average Bonchev–Trinajstić information content (AvgIpc) is 3.46. The van der Waals surface area contributed by atoms with E-state index < -0.39 is 11.7 Å². The molecule has 0 saturated carbocycles. The molecule has 0 saturated heterocycles. The van der Waals surface area contributed by atoms with Crippen LogP contribution < -0.4 is 10.6 Å². The van der Waals surface area contributed by atoms with Gasteiger partial charge >= 0.3 is 0 Å². The topological polar surface area (TPSA) is 102 Å². The van der Waals surface area contributed by atoms with E-state index in [1.54, 1.807) is 22.2 Å². The molecule has 0 spiro atoms. The molecule has 2 aromatic carbocycles. The third-order valence-electron chi connectivity index (χ3n) is 4.50. The summed E-state index contributed by atoms with van der Waals surface area (Å²) < 4.78 is 15.7. The van der Waals surface area contributed by atoms with Gasteiger partial charge in [0.1, 0.15) is 5.82 Å². The Hall–Kier alpha value is -3.57. The highest BCUT2D eigenvalue weighted by Crippen LogP contribution is 2.23. The molecule has 0 atom stereocenters. The summed E-state index contributed by atoms with van der Waals surface area (Å²) in [5, 5.41) is 16.6. The van der Waals surface area contributed by atoms with Crippen LogP contribution in [-0.2, 0) is 11.3 Å². The van der Waals surface area contributed by atoms with E-state index in [1.165, 1.54) is 41.3 Å². The summed E-state index contributed by atoms with van der Waals surface area (Å²) in [6.07, 6.45) is 1.61. The molecule has 0 fully saturated rings. The number of carbonyl (C=O) groups excluding carboxylic acids is 2. The van der Waals surface area contributed by atoms with Crippen molar-refractivity contribution in [3.05, 3.63) is 82.9 Å². The van der Waals surface area contributed by atoms with Crippen molar-refractivity contribution >= 4 is 40.0 Å². The maximum Gasteiger partial charge on any atom is 0.254 e. The van der Waals surface area contributed by atoms with Gasteiger partial charge in [0.2, 0.25) is 5.91 Å². The van der Waals surface area contributed by atoms with Crippen molar-refractivity contribution in [1.29, 1.82) is 0 Å². The second-order valence-electron chi connectivity index (χ2n) is 6.91. The summed E-state index contributed by atoms with van der Waals surface area (Å²) in [5.74, 6) is -0.816. The number of carbonyl (C=O) groups is 2. The Morgan fingerprint density at radius 2 is 2.00 bits per heavy atom. The van der Waals surface area contributed by atoms with Crippen molar-refractivity contribution in [2.45, 2.75) is 18.6 Å². The number of thiazole rings is 1. The van der Waals surface area contributed by atoms with E-state index in [2.05, 4.69) is 25.8 Å². The monoisotopic (exact) mass is 482 g/mol. The number of thioether (sulfide) groups is 1. The van der Waals surface area contributed by atoms with Gasteiger partial charge in [0.05, 0.1) is 17.9 Å². The number of amides is 2. The number of aryl methyl sites for hydroxylation is 1. The highest BCUT2D eigenvalue weighted by Gasteiger charge is 2.18. The van der Waals surface area contributed by atoms with E-state index in [0.29, 0.717) is 16.1 Å². The number of nitrogens with one attached hydrogen (secondary N) is 2. The van der Waals surface area contributed by atoms with Crippen LogP contribution in [-0.4, -0.2) is 37.3 Å². The maximum absolute atomic E-state index is 13.9. The highest BCUT2D eigenvalue weighted by molar-refractivity contribution is 7.99. The van der Waals surface area contributed by atoms with Gasteiger partial charge in [0.15, 0.2) is 16.1 Å². The quantitative estimate of drug-likeness (QED) is 0.370. The fourth-order valence-electron chi connectivity index (χ4n) is 3.01. The molecule has 2 aromatic heterocycles. The Labute approximate surface area is 197 Å². The van der Waals surface area contributed by atoms with Crippen LogP contribution in [0.5, 0.6) is 0 Å². The first-order valence-electron chi connectivity index (χ1n) is 9.87. The fraction of sp³-hybridized carbons (Fsp3) is 0.136. The first-order chi connectivity index (χ1) is 16.0. The summed E-state index contributed by atoms with van der Waals surface area (Å²) in [6.45, 7) is 1.99. The first kappa shape index (κ1) is 22.6. The van der Waals surface area contributed by atoms with E-state index in [-0.39, 0.29) is 23.8 Å². The molecule has 0 bridgehead atoms. The molecule has 2 amide bonds. The van der Waals surface area contributed by atoms with Crippen LogP contribution in [0.3, 0.4) is 0 Å². The molecule has 0 radical (unpaired) electrons. The van der Waals surface area contributed by atoms with E-state index in [9.17, 15) is 14.0 Å². The first-order valence-corrected chi connectivity index (χ1v) is 11.7. The largest absolute Gasteiger partial charge is 0.345 e. The number of rotatable bonds is 8. The lowest BCUT2D eigenvalue weighted by molar-refractivity contribution is -0.113. The molecule has 2 N–H and O–H groups in total. The average molecular weight is 483 g/mol. The fourth-order valence-corrected chi connectivity index (χ4v) is 4.32. The molecule has 8 nitrogen and oxygen atoms in total. The van der Waals surface area contributed by atoms with E-state index in [1.807, 2.05) is 31.2 Å². The van der Waals surface area contributed by atoms with E-state index in [0.717, 1.165) is 11.3 Å². The number of anilines is 1. The Morgan fingerprint density at radius 3 is 2.76 bits per heavy atom. The standard InChI is InChI=1S/C22H19FN6O2S2/c1-14-5-4-6-15(11-14)29-18(12-25-20(31)16-7-2-3-8-17(16)23)27-28-22(29)33-13-19(30)26-21-24-9-10-32-21/h2-11H,12-13H2,1H3,(H,25,31)(H,24,26,30). The van der Waals surface area contributed by atoms with E-state index in [4.69, 9.17) is 0 Å². The van der Waals surface area contributed by atoms with Crippen LogP contribution in [0.2, 0.25) is 0 Å². The van der Waals surface area contributed by atoms with Crippen molar-refractivity contribution < 1.29 is 14.0 Å². The summed E-state index contributed by atoms with van der Waals surface area (Å²) in [4.78, 5) is 28.8. The van der Waals surface area contributed by atoms with Crippen LogP contribution in [0.4, 0.5) is 9.52 Å². The minimum Gasteiger partial charge on any atom is -0.345 e. The summed E-state index contributed by atoms with van der Waals surface area (Å²) in [7, 11) is 0. The molecular weight excluding hydrogens is 463 g/mol. The molecule has 0 aliphatic heterocycles. The minimum absolute atomic E-state index is 0.0278. The Morgan fingerprint density at radius 1 is 1.15 bits per heavy atom. The molecule has 11 heteroatoms. The zero-order valence-electron chi connectivity index (χ0n) is 17.5. The lowest BCUT2D eigenvalue weighted by atomic mass is 10.2. The summed E-state index contributed by atoms with van der Waals surface area (Å²) >= 11 is 2.55. The maximum atomic E-state index is 13.9. The predicted octanol–water partition coefficient (Wildman–Crippen LogP) is 3.83. The number of nitrogens with zero attached hydrogens (tertiary/aromatic N) is 4. The molecule has 0 unspecified atom stereocenters. The van der Waals surface area contributed by atoms with Crippen molar-refractivity contribution in [1.82, 2.24) is 25.1 Å². The number of aromatic nitrogens is 4. The van der Waals surface area contributed by atoms with Crippen molar-refractivity contribution in [2.75, 3.05) is 11.1 Å². The summed E-state index contributed by atoms with van der Waals surface area (Å²) in [5.41, 5.74) is 1.77. The summed E-state index contributed by atoms with van der Waals surface area (Å²) in [6, 6.07) is 13.5. The lowest BCUT2D eigenvalue weighted by Crippen LogP contribution is -2.25. The van der Waals surface area contributed by atoms with Gasteiger partial charge in [0, 0.05) is 17.3 Å².